The molecule has 6 heteroatoms. The normalized spacial score (nSPS) is 11.6. The summed E-state index contributed by atoms with van der Waals surface area (Å²) in [5, 5.41) is 0.515. The Morgan fingerprint density at radius 1 is 0.913 bits per heavy atom. The molecule has 1 amide bonds. The highest BCUT2D eigenvalue weighted by Gasteiger charge is 2.20. The largest absolute Gasteiger partial charge is 0.451 e. The molecule has 0 aromatic heterocycles. The minimum absolute atomic E-state index is 0.228. The molecule has 0 heterocycles. The summed E-state index contributed by atoms with van der Waals surface area (Å²) >= 11 is 5.77. The smallest absolute Gasteiger partial charge is 0.338 e. The van der Waals surface area contributed by atoms with Crippen molar-refractivity contribution in [2.45, 2.75) is 13.0 Å². The number of ketones is 1. The predicted octanol–water partition coefficient (Wildman–Crippen LogP) is 2.87. The molecular formula is C17H14ClNO4. The average Bonchev–Trinajstić information content (AvgIpc) is 2.54. The van der Waals surface area contributed by atoms with E-state index in [4.69, 9.17) is 22.1 Å². The molecule has 1 atom stereocenters. The zero-order valence-electron chi connectivity index (χ0n) is 12.3. The molecule has 2 aromatic carbocycles. The summed E-state index contributed by atoms with van der Waals surface area (Å²) in [4.78, 5) is 35.2. The number of halogens is 1. The van der Waals surface area contributed by atoms with E-state index in [2.05, 4.69) is 0 Å². The van der Waals surface area contributed by atoms with Crippen molar-refractivity contribution in [1.82, 2.24) is 0 Å². The number of carbonyl (C=O) groups is 3. The molecule has 0 spiro atoms. The first-order valence-electron chi connectivity index (χ1n) is 6.79. The predicted molar refractivity (Wildman–Crippen MR) is 85.6 cm³/mol. The van der Waals surface area contributed by atoms with Gasteiger partial charge in [-0.15, -0.1) is 0 Å². The van der Waals surface area contributed by atoms with Crippen LogP contribution in [0.1, 0.15) is 38.0 Å². The lowest BCUT2D eigenvalue weighted by Crippen LogP contribution is -2.24. The molecule has 2 aromatic rings. The number of ether oxygens (including phenoxy) is 1. The molecule has 1 unspecified atom stereocenters. The summed E-state index contributed by atoms with van der Waals surface area (Å²) in [7, 11) is 0. The van der Waals surface area contributed by atoms with E-state index in [1.54, 1.807) is 24.3 Å². The van der Waals surface area contributed by atoms with Crippen LogP contribution in [0.25, 0.3) is 0 Å². The third kappa shape index (κ3) is 4.17. The maximum atomic E-state index is 12.2. The molecule has 0 radical (unpaired) electrons. The van der Waals surface area contributed by atoms with Gasteiger partial charge in [-0.1, -0.05) is 11.6 Å². The quantitative estimate of drug-likeness (QED) is 0.674. The van der Waals surface area contributed by atoms with E-state index >= 15 is 0 Å². The molecule has 0 saturated heterocycles. The third-order valence-electron chi connectivity index (χ3n) is 3.19. The van der Waals surface area contributed by atoms with E-state index in [1.807, 2.05) is 0 Å². The summed E-state index contributed by atoms with van der Waals surface area (Å²) in [5.74, 6) is -1.57. The number of Topliss-reactive ketones (excluding diaryl/α,β-unsaturated/α-hetero) is 1. The van der Waals surface area contributed by atoms with E-state index < -0.39 is 18.0 Å². The molecule has 0 saturated carbocycles. The fraction of sp³-hybridized carbons (Fsp3) is 0.118. The third-order valence-corrected chi connectivity index (χ3v) is 3.44. The number of hydrogen-bond donors (Lipinski definition) is 1. The molecule has 2 rings (SSSR count). The van der Waals surface area contributed by atoms with Crippen LogP contribution in [0.4, 0.5) is 0 Å². The molecule has 2 N–H and O–H groups in total. The van der Waals surface area contributed by atoms with E-state index in [0.29, 0.717) is 10.6 Å². The van der Waals surface area contributed by atoms with Gasteiger partial charge in [-0.2, -0.15) is 0 Å². The van der Waals surface area contributed by atoms with Crippen LogP contribution >= 0.6 is 11.6 Å². The van der Waals surface area contributed by atoms with Gasteiger partial charge >= 0.3 is 5.97 Å². The van der Waals surface area contributed by atoms with Crippen LogP contribution in [0.2, 0.25) is 5.02 Å². The van der Waals surface area contributed by atoms with Gasteiger partial charge in [0.1, 0.15) is 0 Å². The first-order valence-corrected chi connectivity index (χ1v) is 7.17. The number of esters is 1. The van der Waals surface area contributed by atoms with Crippen LogP contribution < -0.4 is 5.73 Å². The summed E-state index contributed by atoms with van der Waals surface area (Å²) < 4.78 is 5.15. The Labute approximate surface area is 138 Å². The lowest BCUT2D eigenvalue weighted by Gasteiger charge is -2.12. The van der Waals surface area contributed by atoms with Crippen molar-refractivity contribution in [3.05, 3.63) is 70.2 Å². The van der Waals surface area contributed by atoms with Crippen LogP contribution in [0.15, 0.2) is 48.5 Å². The highest BCUT2D eigenvalue weighted by molar-refractivity contribution is 6.30. The first-order chi connectivity index (χ1) is 10.9. The van der Waals surface area contributed by atoms with E-state index in [9.17, 15) is 14.4 Å². The van der Waals surface area contributed by atoms with Gasteiger partial charge in [0.15, 0.2) is 6.10 Å². The maximum absolute atomic E-state index is 12.2. The Morgan fingerprint density at radius 2 is 1.39 bits per heavy atom. The molecule has 0 fully saturated rings. The fourth-order valence-electron chi connectivity index (χ4n) is 1.90. The van der Waals surface area contributed by atoms with Crippen molar-refractivity contribution in [2.75, 3.05) is 0 Å². The standard InChI is InChI=1S/C17H14ClNO4/c1-10(15(20)11-6-8-14(18)9-7-11)23-17(22)13-4-2-12(3-5-13)16(19)21/h2-10H,1H3,(H2,19,21). The van der Waals surface area contributed by atoms with Gasteiger partial charge in [-0.05, 0) is 55.5 Å². The van der Waals surface area contributed by atoms with E-state index in [0.717, 1.165) is 0 Å². The van der Waals surface area contributed by atoms with Crippen LogP contribution in [0.5, 0.6) is 0 Å². The second kappa shape index (κ2) is 7.07. The molecule has 5 nitrogen and oxygen atoms in total. The van der Waals surface area contributed by atoms with E-state index in [-0.39, 0.29) is 16.9 Å². The minimum atomic E-state index is -0.945. The van der Waals surface area contributed by atoms with Crippen LogP contribution in [-0.2, 0) is 4.74 Å². The minimum Gasteiger partial charge on any atom is -0.451 e. The molecule has 0 aliphatic heterocycles. The first kappa shape index (κ1) is 16.7. The van der Waals surface area contributed by atoms with Crippen LogP contribution in [0, 0.1) is 0 Å². The monoisotopic (exact) mass is 331 g/mol. The van der Waals surface area contributed by atoms with Crippen LogP contribution in [0.3, 0.4) is 0 Å². The van der Waals surface area contributed by atoms with Gasteiger partial charge in [0.25, 0.3) is 0 Å². The van der Waals surface area contributed by atoms with Gasteiger partial charge < -0.3 is 10.5 Å². The topological polar surface area (TPSA) is 86.5 Å². The molecule has 0 aliphatic carbocycles. The van der Waals surface area contributed by atoms with Gasteiger partial charge in [0.2, 0.25) is 11.7 Å². The Morgan fingerprint density at radius 3 is 1.91 bits per heavy atom. The van der Waals surface area contributed by atoms with Gasteiger partial charge in [0.05, 0.1) is 5.56 Å². The maximum Gasteiger partial charge on any atom is 0.338 e. The van der Waals surface area contributed by atoms with Crippen molar-refractivity contribution in [1.29, 1.82) is 0 Å². The Kier molecular flexibility index (Phi) is 5.13. The zero-order valence-corrected chi connectivity index (χ0v) is 13.0. The Bertz CT molecular complexity index is 738. The number of amides is 1. The Balaban J connectivity index is 2.05. The van der Waals surface area contributed by atoms with Crippen molar-refractivity contribution in [3.8, 4) is 0 Å². The SMILES string of the molecule is CC(OC(=O)c1ccc(C(N)=O)cc1)C(=O)c1ccc(Cl)cc1. The zero-order chi connectivity index (χ0) is 17.0. The number of benzene rings is 2. The average molecular weight is 332 g/mol. The fourth-order valence-corrected chi connectivity index (χ4v) is 2.03. The lowest BCUT2D eigenvalue weighted by atomic mass is 10.1. The summed E-state index contributed by atoms with van der Waals surface area (Å²) in [6, 6.07) is 12.0. The second-order valence-corrected chi connectivity index (χ2v) is 5.30. The Hall–Kier alpha value is -2.66. The lowest BCUT2D eigenvalue weighted by molar-refractivity contribution is 0.0318. The van der Waals surface area contributed by atoms with E-state index in [1.165, 1.54) is 31.2 Å². The van der Waals surface area contributed by atoms with Gasteiger partial charge in [-0.3, -0.25) is 9.59 Å². The number of primary amides is 1. The molecular weight excluding hydrogens is 318 g/mol. The van der Waals surface area contributed by atoms with Crippen molar-refractivity contribution < 1.29 is 19.1 Å². The van der Waals surface area contributed by atoms with Crippen molar-refractivity contribution >= 4 is 29.3 Å². The highest BCUT2D eigenvalue weighted by atomic mass is 35.5. The molecule has 0 bridgehead atoms. The van der Waals surface area contributed by atoms with Gasteiger partial charge in [0, 0.05) is 16.1 Å². The summed E-state index contributed by atoms with van der Waals surface area (Å²) in [5.41, 5.74) is 6.04. The second-order valence-electron chi connectivity index (χ2n) is 4.86. The number of carbonyl (C=O) groups excluding carboxylic acids is 3. The molecule has 23 heavy (non-hydrogen) atoms. The number of nitrogens with two attached hydrogens (primary N) is 1. The van der Waals surface area contributed by atoms with Gasteiger partial charge in [-0.25, -0.2) is 4.79 Å². The van der Waals surface area contributed by atoms with Crippen LogP contribution in [-0.4, -0.2) is 23.8 Å². The number of hydrogen-bond acceptors (Lipinski definition) is 4. The highest BCUT2D eigenvalue weighted by Crippen LogP contribution is 2.14. The molecule has 118 valence electrons. The summed E-state index contributed by atoms with van der Waals surface area (Å²) in [6.45, 7) is 1.49. The number of rotatable bonds is 5. The van der Waals surface area contributed by atoms with Crippen molar-refractivity contribution in [2.24, 2.45) is 5.73 Å². The summed E-state index contributed by atoms with van der Waals surface area (Å²) in [6.07, 6.45) is -0.945. The molecule has 0 aliphatic rings. The van der Waals surface area contributed by atoms with Crippen molar-refractivity contribution in [3.63, 3.8) is 0 Å².